The van der Waals surface area contributed by atoms with Crippen LogP contribution in [-0.4, -0.2) is 41.0 Å². The summed E-state index contributed by atoms with van der Waals surface area (Å²) in [5, 5.41) is 2.01. The minimum atomic E-state index is -0.0494. The van der Waals surface area contributed by atoms with E-state index in [1.165, 1.54) is 0 Å². The van der Waals surface area contributed by atoms with Gasteiger partial charge < -0.3 is 19.3 Å². The van der Waals surface area contributed by atoms with E-state index in [1.54, 1.807) is 16.2 Å². The lowest BCUT2D eigenvalue weighted by atomic mass is 10.1. The zero-order valence-corrected chi connectivity index (χ0v) is 20.2. The van der Waals surface area contributed by atoms with Gasteiger partial charge in [-0.15, -0.1) is 11.3 Å². The number of amides is 2. The Kier molecular flexibility index (Phi) is 8.97. The number of rotatable bonds is 12. The monoisotopic (exact) mass is 458 g/mol. The predicted molar refractivity (Wildman–Crippen MR) is 127 cm³/mol. The highest BCUT2D eigenvalue weighted by Crippen LogP contribution is 2.33. The summed E-state index contributed by atoms with van der Waals surface area (Å²) in [5.74, 6) is 1.44. The Morgan fingerprint density at radius 2 is 1.84 bits per heavy atom. The maximum Gasteiger partial charge on any atom is 0.242 e. The molecule has 0 spiro atoms. The summed E-state index contributed by atoms with van der Waals surface area (Å²) in [5.41, 5.74) is 0.973. The van der Waals surface area contributed by atoms with E-state index in [-0.39, 0.29) is 31.2 Å². The number of hydrogen-bond acceptors (Lipinski definition) is 5. The number of benzene rings is 1. The molecule has 0 radical (unpaired) electrons. The summed E-state index contributed by atoms with van der Waals surface area (Å²) >= 11 is 1.63. The van der Waals surface area contributed by atoms with Crippen molar-refractivity contribution < 1.29 is 19.1 Å². The molecular formula is C25H34N2O4S. The fraction of sp³-hybridized carbons (Fsp3) is 0.520. The molecule has 1 aromatic carbocycles. The molecule has 0 unspecified atom stereocenters. The van der Waals surface area contributed by atoms with Crippen molar-refractivity contribution in [3.63, 3.8) is 0 Å². The lowest BCUT2D eigenvalue weighted by molar-refractivity contribution is -0.142. The van der Waals surface area contributed by atoms with Gasteiger partial charge in [-0.25, -0.2) is 0 Å². The van der Waals surface area contributed by atoms with Crippen LogP contribution in [-0.2, 0) is 22.7 Å². The molecule has 0 saturated heterocycles. The van der Waals surface area contributed by atoms with Crippen LogP contribution >= 0.6 is 11.3 Å². The topological polar surface area (TPSA) is 59.1 Å². The highest BCUT2D eigenvalue weighted by atomic mass is 32.1. The third-order valence-electron chi connectivity index (χ3n) is 5.58. The van der Waals surface area contributed by atoms with Gasteiger partial charge in [0.15, 0.2) is 11.5 Å². The first-order valence-electron chi connectivity index (χ1n) is 11.5. The Labute approximate surface area is 195 Å². The van der Waals surface area contributed by atoms with Crippen molar-refractivity contribution in [2.75, 3.05) is 13.3 Å². The molecule has 1 aliphatic heterocycles. The Hall–Kier alpha value is -2.54. The summed E-state index contributed by atoms with van der Waals surface area (Å²) in [6.07, 6.45) is 4.70. The van der Waals surface area contributed by atoms with Gasteiger partial charge in [0, 0.05) is 23.9 Å². The molecule has 0 saturated carbocycles. The molecule has 7 heteroatoms. The molecule has 32 heavy (non-hydrogen) atoms. The lowest BCUT2D eigenvalue weighted by Gasteiger charge is -2.30. The highest BCUT2D eigenvalue weighted by molar-refractivity contribution is 7.09. The van der Waals surface area contributed by atoms with E-state index < -0.39 is 0 Å². The molecule has 0 atom stereocenters. The van der Waals surface area contributed by atoms with Crippen molar-refractivity contribution in [1.29, 1.82) is 0 Å². The van der Waals surface area contributed by atoms with E-state index in [0.717, 1.165) is 41.9 Å². The molecule has 1 aliphatic rings. The van der Waals surface area contributed by atoms with Crippen LogP contribution < -0.4 is 9.47 Å². The third kappa shape index (κ3) is 6.73. The van der Waals surface area contributed by atoms with Crippen LogP contribution in [0.1, 0.15) is 63.3 Å². The van der Waals surface area contributed by atoms with Gasteiger partial charge >= 0.3 is 0 Å². The van der Waals surface area contributed by atoms with E-state index in [9.17, 15) is 9.59 Å². The van der Waals surface area contributed by atoms with Crippen LogP contribution in [0.15, 0.2) is 35.7 Å². The highest BCUT2D eigenvalue weighted by Gasteiger charge is 2.24. The molecule has 2 aromatic rings. The third-order valence-corrected chi connectivity index (χ3v) is 6.44. The Balaban J connectivity index is 1.69. The number of carbonyl (C=O) groups is 2. The number of thiophene rings is 1. The largest absolute Gasteiger partial charge is 0.454 e. The minimum Gasteiger partial charge on any atom is -0.454 e. The van der Waals surface area contributed by atoms with Crippen LogP contribution in [0.2, 0.25) is 0 Å². The zero-order valence-electron chi connectivity index (χ0n) is 19.3. The SMILES string of the molecule is CCCCCCC(=O)N(CC(=O)N(Cc1ccc2c(c1)OCO2)Cc1cccs1)C(C)C. The van der Waals surface area contributed by atoms with Gasteiger partial charge in [0.1, 0.15) is 0 Å². The van der Waals surface area contributed by atoms with Crippen molar-refractivity contribution >= 4 is 23.2 Å². The molecule has 0 N–H and O–H groups in total. The van der Waals surface area contributed by atoms with Crippen molar-refractivity contribution in [1.82, 2.24) is 9.80 Å². The van der Waals surface area contributed by atoms with Crippen LogP contribution in [0.3, 0.4) is 0 Å². The quantitative estimate of drug-likeness (QED) is 0.410. The Morgan fingerprint density at radius 1 is 1.03 bits per heavy atom. The molecule has 0 bridgehead atoms. The summed E-state index contributed by atoms with van der Waals surface area (Å²) in [6.45, 7) is 7.38. The van der Waals surface area contributed by atoms with Crippen LogP contribution in [0.25, 0.3) is 0 Å². The maximum atomic E-state index is 13.4. The Morgan fingerprint density at radius 3 is 2.56 bits per heavy atom. The normalized spacial score (nSPS) is 12.2. The fourth-order valence-corrected chi connectivity index (χ4v) is 4.45. The average molecular weight is 459 g/mol. The first-order chi connectivity index (χ1) is 15.5. The number of ether oxygens (including phenoxy) is 2. The maximum absolute atomic E-state index is 13.4. The summed E-state index contributed by atoms with van der Waals surface area (Å²) < 4.78 is 10.9. The van der Waals surface area contributed by atoms with Crippen molar-refractivity contribution in [3.8, 4) is 11.5 Å². The fourth-order valence-electron chi connectivity index (χ4n) is 3.73. The average Bonchev–Trinajstić information content (AvgIpc) is 3.45. The van der Waals surface area contributed by atoms with E-state index >= 15 is 0 Å². The second-order valence-corrected chi connectivity index (χ2v) is 9.48. The van der Waals surface area contributed by atoms with Gasteiger partial charge in [-0.1, -0.05) is 38.3 Å². The molecule has 0 aliphatic carbocycles. The van der Waals surface area contributed by atoms with Crippen molar-refractivity contribution in [2.24, 2.45) is 0 Å². The van der Waals surface area contributed by atoms with E-state index in [0.29, 0.717) is 25.3 Å². The number of carbonyl (C=O) groups excluding carboxylic acids is 2. The van der Waals surface area contributed by atoms with Crippen molar-refractivity contribution in [2.45, 2.75) is 72.0 Å². The molecule has 1 aromatic heterocycles. The molecule has 6 nitrogen and oxygen atoms in total. The van der Waals surface area contributed by atoms with Crippen LogP contribution in [0, 0.1) is 0 Å². The molecule has 2 amide bonds. The van der Waals surface area contributed by atoms with Crippen LogP contribution in [0.4, 0.5) is 0 Å². The molecular weight excluding hydrogens is 424 g/mol. The standard InChI is InChI=1S/C25H34N2O4S/c1-4-5-6-7-10-24(28)27(19(2)3)17-25(29)26(16-21-9-8-13-32-21)15-20-11-12-22-23(14-20)31-18-30-22/h8-9,11-14,19H,4-7,10,15-18H2,1-3H3. The molecule has 174 valence electrons. The number of unbranched alkanes of at least 4 members (excludes halogenated alkanes) is 3. The number of fused-ring (bicyclic) bond motifs is 1. The van der Waals surface area contributed by atoms with Gasteiger partial charge in [0.2, 0.25) is 18.6 Å². The zero-order chi connectivity index (χ0) is 22.9. The lowest BCUT2D eigenvalue weighted by Crippen LogP contribution is -2.45. The van der Waals surface area contributed by atoms with Crippen molar-refractivity contribution in [3.05, 3.63) is 46.2 Å². The van der Waals surface area contributed by atoms with Gasteiger partial charge in [-0.05, 0) is 49.4 Å². The van der Waals surface area contributed by atoms with Gasteiger partial charge in [0.05, 0.1) is 13.1 Å². The molecule has 0 fully saturated rings. The van der Waals surface area contributed by atoms with E-state index in [1.807, 2.05) is 54.5 Å². The van der Waals surface area contributed by atoms with E-state index in [2.05, 4.69) is 6.92 Å². The molecule has 2 heterocycles. The smallest absolute Gasteiger partial charge is 0.242 e. The number of hydrogen-bond donors (Lipinski definition) is 0. The van der Waals surface area contributed by atoms with Gasteiger partial charge in [0.25, 0.3) is 0 Å². The summed E-state index contributed by atoms with van der Waals surface area (Å²) in [4.78, 5) is 30.9. The summed E-state index contributed by atoms with van der Waals surface area (Å²) in [7, 11) is 0. The minimum absolute atomic E-state index is 0.0215. The number of nitrogens with zero attached hydrogens (tertiary/aromatic N) is 2. The van der Waals surface area contributed by atoms with Gasteiger partial charge in [-0.2, -0.15) is 0 Å². The van der Waals surface area contributed by atoms with Crippen LogP contribution in [0.5, 0.6) is 11.5 Å². The molecule has 3 rings (SSSR count). The summed E-state index contributed by atoms with van der Waals surface area (Å²) in [6, 6.07) is 9.77. The van der Waals surface area contributed by atoms with E-state index in [4.69, 9.17) is 9.47 Å². The first kappa shape index (κ1) is 24.1. The first-order valence-corrected chi connectivity index (χ1v) is 12.3. The van der Waals surface area contributed by atoms with Gasteiger partial charge in [-0.3, -0.25) is 9.59 Å². The second kappa shape index (κ2) is 11.9. The Bertz CT molecular complexity index is 882. The second-order valence-electron chi connectivity index (χ2n) is 8.44. The predicted octanol–water partition coefficient (Wildman–Crippen LogP) is 5.21.